The Bertz CT molecular complexity index is 381. The van der Waals surface area contributed by atoms with Crippen LogP contribution in [0.25, 0.3) is 0 Å². The van der Waals surface area contributed by atoms with Crippen molar-refractivity contribution in [2.45, 2.75) is 32.7 Å². The van der Waals surface area contributed by atoms with Crippen LogP contribution in [0.1, 0.15) is 26.7 Å². The molecule has 0 aromatic carbocycles. The molecule has 2 unspecified atom stereocenters. The predicted molar refractivity (Wildman–Crippen MR) is 66.8 cm³/mol. The van der Waals surface area contributed by atoms with E-state index in [1.807, 2.05) is 6.92 Å². The lowest BCUT2D eigenvalue weighted by Crippen LogP contribution is -2.42. The van der Waals surface area contributed by atoms with Crippen molar-refractivity contribution in [3.63, 3.8) is 0 Å². The first kappa shape index (κ1) is 15.4. The molecule has 1 N–H and O–H groups in total. The average molecular weight is 279 g/mol. The number of sulfonamides is 1. The maximum Gasteiger partial charge on any atom is 0.322 e. The smallest absolute Gasteiger partial charge is 0.322 e. The van der Waals surface area contributed by atoms with Crippen LogP contribution in [0.15, 0.2) is 0 Å². The number of carboxylic acids is 1. The van der Waals surface area contributed by atoms with Crippen LogP contribution in [0.4, 0.5) is 0 Å². The lowest BCUT2D eigenvalue weighted by atomic mass is 10.2. The Hall–Kier alpha value is -0.660. The van der Waals surface area contributed by atoms with Gasteiger partial charge < -0.3 is 9.84 Å². The molecule has 0 spiro atoms. The molecule has 0 saturated carbocycles. The van der Waals surface area contributed by atoms with Gasteiger partial charge in [-0.05, 0) is 25.7 Å². The van der Waals surface area contributed by atoms with Crippen LogP contribution >= 0.6 is 0 Å². The fourth-order valence-corrected chi connectivity index (χ4v) is 4.14. The number of aliphatic carboxylic acids is 1. The van der Waals surface area contributed by atoms with Gasteiger partial charge in [0.15, 0.2) is 0 Å². The maximum atomic E-state index is 12.1. The van der Waals surface area contributed by atoms with Crippen molar-refractivity contribution in [2.24, 2.45) is 5.92 Å². The number of ether oxygens (including phenoxy) is 1. The van der Waals surface area contributed by atoms with Crippen molar-refractivity contribution >= 4 is 16.0 Å². The summed E-state index contributed by atoms with van der Waals surface area (Å²) in [6.07, 6.45) is 1.00. The molecule has 1 saturated heterocycles. The summed E-state index contributed by atoms with van der Waals surface area (Å²) in [5.74, 6) is -1.25. The van der Waals surface area contributed by atoms with Crippen LogP contribution in [0.2, 0.25) is 0 Å². The Morgan fingerprint density at radius 2 is 2.22 bits per heavy atom. The highest BCUT2D eigenvalue weighted by molar-refractivity contribution is 7.89. The van der Waals surface area contributed by atoms with Gasteiger partial charge >= 0.3 is 5.97 Å². The standard InChI is InChI=1S/C11H21NO5S/c1-3-17-7-9(2)8-18(15,16)12-6-4-5-10(12)11(13)14/h9-10H,3-8H2,1-2H3,(H,13,14). The van der Waals surface area contributed by atoms with E-state index in [2.05, 4.69) is 0 Å². The molecule has 7 heteroatoms. The van der Waals surface area contributed by atoms with Crippen molar-refractivity contribution in [3.8, 4) is 0 Å². The Labute approximate surface area is 108 Å². The highest BCUT2D eigenvalue weighted by atomic mass is 32.2. The molecule has 1 heterocycles. The molecule has 1 aliphatic rings. The predicted octanol–water partition coefficient (Wildman–Crippen LogP) is 0.538. The summed E-state index contributed by atoms with van der Waals surface area (Å²) in [6.45, 7) is 4.87. The van der Waals surface area contributed by atoms with Crippen LogP contribution in [0, 0.1) is 5.92 Å². The van der Waals surface area contributed by atoms with E-state index >= 15 is 0 Å². The summed E-state index contributed by atoms with van der Waals surface area (Å²) < 4.78 is 30.6. The second kappa shape index (κ2) is 6.49. The molecule has 0 amide bonds. The van der Waals surface area contributed by atoms with E-state index < -0.39 is 22.0 Å². The largest absolute Gasteiger partial charge is 0.480 e. The zero-order chi connectivity index (χ0) is 13.8. The Morgan fingerprint density at radius 1 is 1.56 bits per heavy atom. The number of carboxylic acid groups (broad SMARTS) is 1. The van der Waals surface area contributed by atoms with Gasteiger partial charge in [0.1, 0.15) is 6.04 Å². The summed E-state index contributed by atoms with van der Waals surface area (Å²) in [6, 6.07) is -0.894. The molecule has 1 aliphatic heterocycles. The zero-order valence-electron chi connectivity index (χ0n) is 10.8. The number of hydrogen-bond donors (Lipinski definition) is 1. The second-order valence-electron chi connectivity index (χ2n) is 4.65. The van der Waals surface area contributed by atoms with Crippen molar-refractivity contribution in [3.05, 3.63) is 0 Å². The summed E-state index contributed by atoms with van der Waals surface area (Å²) in [5, 5.41) is 8.99. The lowest BCUT2D eigenvalue weighted by molar-refractivity contribution is -0.140. The lowest BCUT2D eigenvalue weighted by Gasteiger charge is -2.22. The molecule has 0 aliphatic carbocycles. The van der Waals surface area contributed by atoms with Crippen molar-refractivity contribution in [2.75, 3.05) is 25.5 Å². The first-order valence-electron chi connectivity index (χ1n) is 6.18. The molecule has 0 aromatic rings. The zero-order valence-corrected chi connectivity index (χ0v) is 11.6. The second-order valence-corrected chi connectivity index (χ2v) is 6.62. The van der Waals surface area contributed by atoms with Gasteiger partial charge in [-0.3, -0.25) is 4.79 Å². The van der Waals surface area contributed by atoms with Crippen LogP contribution in [-0.2, 0) is 19.6 Å². The van der Waals surface area contributed by atoms with Gasteiger partial charge in [-0.2, -0.15) is 4.31 Å². The summed E-state index contributed by atoms with van der Waals surface area (Å²) in [4.78, 5) is 11.0. The van der Waals surface area contributed by atoms with Gasteiger partial charge in [0, 0.05) is 13.2 Å². The fourth-order valence-electron chi connectivity index (χ4n) is 2.14. The first-order valence-corrected chi connectivity index (χ1v) is 7.79. The number of rotatable bonds is 7. The van der Waals surface area contributed by atoms with E-state index in [1.54, 1.807) is 6.92 Å². The van der Waals surface area contributed by atoms with E-state index in [1.165, 1.54) is 0 Å². The molecule has 6 nitrogen and oxygen atoms in total. The van der Waals surface area contributed by atoms with Crippen molar-refractivity contribution in [1.82, 2.24) is 4.31 Å². The van der Waals surface area contributed by atoms with Gasteiger partial charge in [-0.1, -0.05) is 6.92 Å². The highest BCUT2D eigenvalue weighted by Crippen LogP contribution is 2.22. The van der Waals surface area contributed by atoms with Crippen LogP contribution < -0.4 is 0 Å². The molecule has 1 fully saturated rings. The Morgan fingerprint density at radius 3 is 2.78 bits per heavy atom. The first-order chi connectivity index (χ1) is 8.38. The van der Waals surface area contributed by atoms with Gasteiger partial charge in [0.2, 0.25) is 10.0 Å². The van der Waals surface area contributed by atoms with E-state index in [-0.39, 0.29) is 11.7 Å². The van der Waals surface area contributed by atoms with E-state index in [0.717, 1.165) is 4.31 Å². The van der Waals surface area contributed by atoms with Crippen molar-refractivity contribution < 1.29 is 23.1 Å². The van der Waals surface area contributed by atoms with Gasteiger partial charge in [-0.25, -0.2) is 8.42 Å². The third-order valence-electron chi connectivity index (χ3n) is 2.95. The minimum absolute atomic E-state index is 0.0587. The molecular formula is C11H21NO5S. The van der Waals surface area contributed by atoms with E-state index in [4.69, 9.17) is 9.84 Å². The van der Waals surface area contributed by atoms with Gasteiger partial charge in [0.25, 0.3) is 0 Å². The van der Waals surface area contributed by atoms with E-state index in [9.17, 15) is 13.2 Å². The SMILES string of the molecule is CCOCC(C)CS(=O)(=O)N1CCCC1C(=O)O. The normalized spacial score (nSPS) is 23.1. The van der Waals surface area contributed by atoms with E-state index in [0.29, 0.717) is 32.6 Å². The molecule has 0 bridgehead atoms. The third kappa shape index (κ3) is 3.93. The summed E-state index contributed by atoms with van der Waals surface area (Å²) >= 11 is 0. The monoisotopic (exact) mass is 279 g/mol. The topological polar surface area (TPSA) is 83.9 Å². The molecule has 1 rings (SSSR count). The number of hydrogen-bond acceptors (Lipinski definition) is 4. The van der Waals surface area contributed by atoms with Crippen LogP contribution in [0.5, 0.6) is 0 Å². The maximum absolute atomic E-state index is 12.1. The summed E-state index contributed by atoms with van der Waals surface area (Å²) in [7, 11) is -3.51. The number of nitrogens with zero attached hydrogens (tertiary/aromatic N) is 1. The third-order valence-corrected chi connectivity index (χ3v) is 5.09. The van der Waals surface area contributed by atoms with Crippen LogP contribution in [-0.4, -0.2) is 55.4 Å². The fraction of sp³-hybridized carbons (Fsp3) is 0.909. The average Bonchev–Trinajstić information content (AvgIpc) is 2.75. The minimum atomic E-state index is -3.51. The molecular weight excluding hydrogens is 258 g/mol. The van der Waals surface area contributed by atoms with Gasteiger partial charge in [0.05, 0.1) is 12.4 Å². The minimum Gasteiger partial charge on any atom is -0.480 e. The van der Waals surface area contributed by atoms with Gasteiger partial charge in [-0.15, -0.1) is 0 Å². The summed E-state index contributed by atoms with van der Waals surface area (Å²) in [5.41, 5.74) is 0. The van der Waals surface area contributed by atoms with Crippen molar-refractivity contribution in [1.29, 1.82) is 0 Å². The Balaban J connectivity index is 2.65. The molecule has 2 atom stereocenters. The quantitative estimate of drug-likeness (QED) is 0.735. The molecule has 18 heavy (non-hydrogen) atoms. The molecule has 106 valence electrons. The van der Waals surface area contributed by atoms with Crippen LogP contribution in [0.3, 0.4) is 0 Å². The molecule has 0 aromatic heterocycles. The Kier molecular flexibility index (Phi) is 5.55. The highest BCUT2D eigenvalue weighted by Gasteiger charge is 2.38. The molecule has 0 radical (unpaired) electrons. The number of carbonyl (C=O) groups is 1.